The zero-order valence-corrected chi connectivity index (χ0v) is 11.9. The van der Waals surface area contributed by atoms with Gasteiger partial charge in [-0.2, -0.15) is 0 Å². The van der Waals surface area contributed by atoms with Gasteiger partial charge in [0, 0.05) is 10.5 Å². The lowest BCUT2D eigenvalue weighted by Crippen LogP contribution is -2.11. The zero-order valence-electron chi connectivity index (χ0n) is 11.1. The quantitative estimate of drug-likeness (QED) is 0.800. The predicted octanol–water partition coefficient (Wildman–Crippen LogP) is 3.29. The lowest BCUT2D eigenvalue weighted by Gasteiger charge is -2.03. The van der Waals surface area contributed by atoms with Crippen LogP contribution in [0, 0.1) is 13.8 Å². The van der Waals surface area contributed by atoms with Gasteiger partial charge < -0.3 is 0 Å². The molecule has 2 rings (SSSR count). The fourth-order valence-corrected chi connectivity index (χ4v) is 2.81. The van der Waals surface area contributed by atoms with Crippen LogP contribution in [0.5, 0.6) is 0 Å². The predicted molar refractivity (Wildman–Crippen MR) is 78.0 cm³/mol. The first kappa shape index (κ1) is 13.7. The number of Topliss-reactive ketones (excluding diaryl/α,β-unsaturated/α-hetero) is 1. The average molecular weight is 272 g/mol. The van der Waals surface area contributed by atoms with E-state index in [-0.39, 0.29) is 11.5 Å². The second-order valence-electron chi connectivity index (χ2n) is 4.60. The second kappa shape index (κ2) is 5.93. The fraction of sp³-hybridized carbons (Fsp3) is 0.188. The van der Waals surface area contributed by atoms with Crippen molar-refractivity contribution in [1.82, 2.24) is 0 Å². The van der Waals surface area contributed by atoms with Gasteiger partial charge in [-0.1, -0.05) is 41.5 Å². The monoisotopic (exact) mass is 272 g/mol. The number of ketones is 1. The van der Waals surface area contributed by atoms with E-state index in [1.165, 1.54) is 0 Å². The number of hydrogen-bond acceptors (Lipinski definition) is 2. The number of benzene rings is 2. The first-order chi connectivity index (χ1) is 9.06. The summed E-state index contributed by atoms with van der Waals surface area (Å²) in [5.41, 5.74) is 2.78. The second-order valence-corrected chi connectivity index (χ2v) is 6.05. The van der Waals surface area contributed by atoms with Gasteiger partial charge in [0.05, 0.1) is 16.6 Å². The van der Waals surface area contributed by atoms with Crippen LogP contribution in [0.4, 0.5) is 0 Å². The molecule has 0 bridgehead atoms. The third-order valence-electron chi connectivity index (χ3n) is 2.89. The van der Waals surface area contributed by atoms with Crippen molar-refractivity contribution in [3.05, 3.63) is 65.2 Å². The van der Waals surface area contributed by atoms with Gasteiger partial charge in [0.1, 0.15) is 0 Å². The molecule has 0 saturated carbocycles. The van der Waals surface area contributed by atoms with Gasteiger partial charge in [-0.15, -0.1) is 0 Å². The van der Waals surface area contributed by atoms with Crippen LogP contribution >= 0.6 is 0 Å². The number of aryl methyl sites for hydroxylation is 2. The molecule has 3 heteroatoms. The third-order valence-corrected chi connectivity index (χ3v) is 4.21. The van der Waals surface area contributed by atoms with E-state index in [0.717, 1.165) is 11.1 Å². The van der Waals surface area contributed by atoms with Crippen molar-refractivity contribution >= 4 is 16.6 Å². The van der Waals surface area contributed by atoms with Gasteiger partial charge in [0.2, 0.25) is 0 Å². The highest BCUT2D eigenvalue weighted by Crippen LogP contribution is 2.11. The summed E-state index contributed by atoms with van der Waals surface area (Å²) < 4.78 is 12.1. The van der Waals surface area contributed by atoms with Crippen molar-refractivity contribution < 1.29 is 9.00 Å². The smallest absolute Gasteiger partial charge is 0.175 e. The summed E-state index contributed by atoms with van der Waals surface area (Å²) in [7, 11) is -1.28. The molecule has 0 aliphatic carbocycles. The molecule has 2 nitrogen and oxygen atoms in total. The van der Waals surface area contributed by atoms with E-state index in [0.29, 0.717) is 10.5 Å². The summed E-state index contributed by atoms with van der Waals surface area (Å²) in [6, 6.07) is 14.8. The Kier molecular flexibility index (Phi) is 4.27. The van der Waals surface area contributed by atoms with Crippen molar-refractivity contribution in [3.63, 3.8) is 0 Å². The SMILES string of the molecule is Cc1ccc(S(=O)CC(=O)c2cccc(C)c2)cc1. The highest BCUT2D eigenvalue weighted by Gasteiger charge is 2.12. The largest absolute Gasteiger partial charge is 0.293 e. The van der Waals surface area contributed by atoms with Gasteiger partial charge in [0.15, 0.2) is 5.78 Å². The summed E-state index contributed by atoms with van der Waals surface area (Å²) in [6.45, 7) is 3.91. The van der Waals surface area contributed by atoms with Crippen LogP contribution in [0.2, 0.25) is 0 Å². The molecule has 0 fully saturated rings. The van der Waals surface area contributed by atoms with Crippen LogP contribution in [0.1, 0.15) is 21.5 Å². The Bertz CT molecular complexity index is 615. The summed E-state index contributed by atoms with van der Waals surface area (Å²) in [6.07, 6.45) is 0. The molecule has 0 spiro atoms. The molecule has 0 aromatic heterocycles. The van der Waals surface area contributed by atoms with E-state index in [1.54, 1.807) is 6.07 Å². The van der Waals surface area contributed by atoms with Gasteiger partial charge >= 0.3 is 0 Å². The molecule has 0 aliphatic heterocycles. The Morgan fingerprint density at radius 3 is 2.32 bits per heavy atom. The van der Waals surface area contributed by atoms with Crippen LogP contribution < -0.4 is 0 Å². The standard InChI is InChI=1S/C16H16O2S/c1-12-6-8-15(9-7-12)19(18)11-16(17)14-5-3-4-13(2)10-14/h3-10H,11H2,1-2H3. The number of carbonyl (C=O) groups is 1. The van der Waals surface area contributed by atoms with Gasteiger partial charge in [-0.25, -0.2) is 0 Å². The number of carbonyl (C=O) groups excluding carboxylic acids is 1. The van der Waals surface area contributed by atoms with Crippen LogP contribution in [0.15, 0.2) is 53.4 Å². The normalized spacial score (nSPS) is 12.1. The third kappa shape index (κ3) is 3.61. The molecular weight excluding hydrogens is 256 g/mol. The molecule has 0 N–H and O–H groups in total. The molecule has 0 heterocycles. The molecule has 19 heavy (non-hydrogen) atoms. The van der Waals surface area contributed by atoms with E-state index in [9.17, 15) is 9.00 Å². The van der Waals surface area contributed by atoms with E-state index in [1.807, 2.05) is 56.3 Å². The fourth-order valence-electron chi connectivity index (χ4n) is 1.79. The summed E-state index contributed by atoms with van der Waals surface area (Å²) in [5, 5.41) is 0. The average Bonchev–Trinajstić information content (AvgIpc) is 2.39. The zero-order chi connectivity index (χ0) is 13.8. The maximum atomic E-state index is 12.1. The maximum absolute atomic E-state index is 12.1. The molecule has 2 aromatic carbocycles. The number of rotatable bonds is 4. The van der Waals surface area contributed by atoms with Gasteiger partial charge in [-0.3, -0.25) is 9.00 Å². The Hall–Kier alpha value is -1.74. The molecular formula is C16H16O2S. The molecule has 2 aromatic rings. The maximum Gasteiger partial charge on any atom is 0.175 e. The molecule has 1 atom stereocenters. The van der Waals surface area contributed by atoms with Gasteiger partial charge in [0.25, 0.3) is 0 Å². The summed E-state index contributed by atoms with van der Waals surface area (Å²) in [4.78, 5) is 12.8. The lowest BCUT2D eigenvalue weighted by molar-refractivity contribution is 0.102. The topological polar surface area (TPSA) is 34.1 Å². The van der Waals surface area contributed by atoms with Crippen LogP contribution in [-0.2, 0) is 10.8 Å². The van der Waals surface area contributed by atoms with Crippen molar-refractivity contribution in [1.29, 1.82) is 0 Å². The Balaban J connectivity index is 2.11. The minimum Gasteiger partial charge on any atom is -0.293 e. The van der Waals surface area contributed by atoms with Gasteiger partial charge in [-0.05, 0) is 32.0 Å². The van der Waals surface area contributed by atoms with E-state index < -0.39 is 10.8 Å². The molecule has 1 unspecified atom stereocenters. The van der Waals surface area contributed by atoms with E-state index >= 15 is 0 Å². The van der Waals surface area contributed by atoms with Crippen LogP contribution in [0.25, 0.3) is 0 Å². The molecule has 0 saturated heterocycles. The first-order valence-electron chi connectivity index (χ1n) is 6.11. The minimum absolute atomic E-state index is 0.0342. The summed E-state index contributed by atoms with van der Waals surface area (Å²) >= 11 is 0. The molecule has 0 radical (unpaired) electrons. The van der Waals surface area contributed by atoms with Crippen molar-refractivity contribution in [2.75, 3.05) is 5.75 Å². The highest BCUT2D eigenvalue weighted by atomic mass is 32.2. The van der Waals surface area contributed by atoms with E-state index in [2.05, 4.69) is 0 Å². The molecule has 0 aliphatic rings. The Labute approximate surface area is 115 Å². The number of hydrogen-bond donors (Lipinski definition) is 0. The van der Waals surface area contributed by atoms with Crippen LogP contribution in [0.3, 0.4) is 0 Å². The Morgan fingerprint density at radius 1 is 1.00 bits per heavy atom. The molecule has 98 valence electrons. The van der Waals surface area contributed by atoms with E-state index in [4.69, 9.17) is 0 Å². The molecule has 0 amide bonds. The lowest BCUT2D eigenvalue weighted by atomic mass is 10.1. The van der Waals surface area contributed by atoms with Crippen molar-refractivity contribution in [2.24, 2.45) is 0 Å². The van der Waals surface area contributed by atoms with Crippen molar-refractivity contribution in [3.8, 4) is 0 Å². The summed E-state index contributed by atoms with van der Waals surface area (Å²) in [5.74, 6) is -0.0467. The van der Waals surface area contributed by atoms with Crippen molar-refractivity contribution in [2.45, 2.75) is 18.7 Å². The Morgan fingerprint density at radius 2 is 1.68 bits per heavy atom. The minimum atomic E-state index is -1.28. The van der Waals surface area contributed by atoms with Crippen LogP contribution in [-0.4, -0.2) is 15.7 Å². The first-order valence-corrected chi connectivity index (χ1v) is 7.43. The highest BCUT2D eigenvalue weighted by molar-refractivity contribution is 7.85.